The molecule has 1 aromatic rings. The van der Waals surface area contributed by atoms with E-state index in [0.29, 0.717) is 17.9 Å². The summed E-state index contributed by atoms with van der Waals surface area (Å²) in [6, 6.07) is -0.0233. The van der Waals surface area contributed by atoms with Crippen LogP contribution in [0.15, 0.2) is 0 Å². The van der Waals surface area contributed by atoms with Gasteiger partial charge in [0.1, 0.15) is 11.4 Å². The van der Waals surface area contributed by atoms with E-state index in [9.17, 15) is 14.9 Å². The van der Waals surface area contributed by atoms with Crippen LogP contribution in [0.2, 0.25) is 0 Å². The summed E-state index contributed by atoms with van der Waals surface area (Å²) in [7, 11) is 0. The Hall–Kier alpha value is -1.96. The fourth-order valence-electron chi connectivity index (χ4n) is 2.79. The van der Waals surface area contributed by atoms with Crippen LogP contribution in [0.1, 0.15) is 37.6 Å². The molecule has 2 rings (SSSR count). The summed E-state index contributed by atoms with van der Waals surface area (Å²) in [5.41, 5.74) is 0.867. The van der Waals surface area contributed by atoms with Crippen molar-refractivity contribution in [3.8, 4) is 0 Å². The Bertz CT molecular complexity index is 563. The fourth-order valence-corrected chi connectivity index (χ4v) is 2.79. The normalized spacial score (nSPS) is 19.1. The van der Waals surface area contributed by atoms with E-state index in [1.807, 2.05) is 6.92 Å². The number of hydrogen-bond acceptors (Lipinski definition) is 5. The molecule has 1 saturated heterocycles. The van der Waals surface area contributed by atoms with E-state index in [4.69, 9.17) is 4.74 Å². The van der Waals surface area contributed by atoms with Crippen molar-refractivity contribution < 1.29 is 14.5 Å². The first-order valence-corrected chi connectivity index (χ1v) is 7.49. The number of carbonyl (C=O) groups excluding carboxylic acids is 1. The number of ether oxygens (including phenoxy) is 1. The minimum Gasteiger partial charge on any atom is -0.376 e. The highest BCUT2D eigenvalue weighted by Gasteiger charge is 2.24. The smallest absolute Gasteiger partial charge is 0.312 e. The zero-order valence-electron chi connectivity index (χ0n) is 13.2. The van der Waals surface area contributed by atoms with Gasteiger partial charge in [0.05, 0.1) is 23.6 Å². The van der Waals surface area contributed by atoms with Gasteiger partial charge in [0.15, 0.2) is 0 Å². The van der Waals surface area contributed by atoms with Crippen LogP contribution in [0.25, 0.3) is 0 Å². The predicted octanol–water partition coefficient (Wildman–Crippen LogP) is 1.48. The van der Waals surface area contributed by atoms with Gasteiger partial charge in [-0.3, -0.25) is 19.6 Å². The molecule has 1 aliphatic heterocycles. The second-order valence-electron chi connectivity index (χ2n) is 5.66. The molecule has 0 aliphatic carbocycles. The maximum atomic E-state index is 12.0. The average Bonchev–Trinajstić information content (AvgIpc) is 3.04. The molecule has 2 atom stereocenters. The predicted molar refractivity (Wildman–Crippen MR) is 79.6 cm³/mol. The van der Waals surface area contributed by atoms with Crippen molar-refractivity contribution in [2.45, 2.75) is 58.7 Å². The number of nitro groups is 1. The van der Waals surface area contributed by atoms with Gasteiger partial charge in [-0.15, -0.1) is 0 Å². The van der Waals surface area contributed by atoms with Gasteiger partial charge < -0.3 is 10.1 Å². The van der Waals surface area contributed by atoms with Gasteiger partial charge in [0.25, 0.3) is 0 Å². The molecule has 1 aromatic heterocycles. The van der Waals surface area contributed by atoms with Crippen molar-refractivity contribution in [1.82, 2.24) is 15.1 Å². The molecule has 1 N–H and O–H groups in total. The monoisotopic (exact) mass is 310 g/mol. The van der Waals surface area contributed by atoms with E-state index < -0.39 is 4.92 Å². The molecule has 0 bridgehead atoms. The van der Waals surface area contributed by atoms with Crippen LogP contribution in [0.3, 0.4) is 0 Å². The van der Waals surface area contributed by atoms with Gasteiger partial charge >= 0.3 is 5.69 Å². The average molecular weight is 310 g/mol. The Labute approximate surface area is 129 Å². The van der Waals surface area contributed by atoms with E-state index in [0.717, 1.165) is 19.4 Å². The van der Waals surface area contributed by atoms with Crippen molar-refractivity contribution >= 4 is 11.6 Å². The van der Waals surface area contributed by atoms with Crippen molar-refractivity contribution in [2.75, 3.05) is 6.61 Å². The highest BCUT2D eigenvalue weighted by atomic mass is 16.6. The Morgan fingerprint density at radius 3 is 2.86 bits per heavy atom. The quantitative estimate of drug-likeness (QED) is 0.634. The first-order chi connectivity index (χ1) is 10.4. The van der Waals surface area contributed by atoms with Gasteiger partial charge in [-0.1, -0.05) is 0 Å². The molecule has 1 amide bonds. The third kappa shape index (κ3) is 3.62. The molecule has 0 radical (unpaired) electrons. The number of hydrogen-bond donors (Lipinski definition) is 1. The molecule has 0 aromatic carbocycles. The maximum absolute atomic E-state index is 12.0. The largest absolute Gasteiger partial charge is 0.376 e. The molecule has 1 aliphatic rings. The molecule has 0 unspecified atom stereocenters. The Morgan fingerprint density at radius 1 is 1.59 bits per heavy atom. The fraction of sp³-hybridized carbons (Fsp3) is 0.714. The number of nitrogens with one attached hydrogen (secondary N) is 1. The van der Waals surface area contributed by atoms with Crippen LogP contribution in [-0.4, -0.2) is 39.4 Å². The van der Waals surface area contributed by atoms with Gasteiger partial charge in [0.2, 0.25) is 5.91 Å². The number of aromatic nitrogens is 2. The summed E-state index contributed by atoms with van der Waals surface area (Å²) in [4.78, 5) is 22.5. The van der Waals surface area contributed by atoms with Gasteiger partial charge in [-0.05, 0) is 33.6 Å². The molecule has 122 valence electrons. The Morgan fingerprint density at radius 2 is 2.32 bits per heavy atom. The van der Waals surface area contributed by atoms with Crippen molar-refractivity contribution in [3.05, 3.63) is 21.5 Å². The lowest BCUT2D eigenvalue weighted by Gasteiger charge is -2.20. The summed E-state index contributed by atoms with van der Waals surface area (Å²) >= 11 is 0. The zero-order chi connectivity index (χ0) is 16.3. The topological polar surface area (TPSA) is 99.3 Å². The molecule has 8 heteroatoms. The molecule has 0 saturated carbocycles. The Kier molecular flexibility index (Phi) is 5.12. The molecule has 0 spiro atoms. The van der Waals surface area contributed by atoms with Crippen LogP contribution in [0, 0.1) is 24.0 Å². The van der Waals surface area contributed by atoms with Crippen molar-refractivity contribution in [3.63, 3.8) is 0 Å². The van der Waals surface area contributed by atoms with E-state index >= 15 is 0 Å². The van der Waals surface area contributed by atoms with Gasteiger partial charge in [-0.2, -0.15) is 5.10 Å². The number of rotatable bonds is 6. The number of aryl methyl sites for hydroxylation is 2. The first kappa shape index (κ1) is 16.4. The van der Waals surface area contributed by atoms with Crippen LogP contribution in [0.5, 0.6) is 0 Å². The SMILES string of the molecule is Cc1nn(CCC(=O)N[C@H](C)[C@H]2CCCO2)c(C)c1[N+](=O)[O-]. The summed E-state index contributed by atoms with van der Waals surface area (Å²) in [6.45, 7) is 6.25. The number of nitrogens with zero attached hydrogens (tertiary/aromatic N) is 3. The third-order valence-corrected chi connectivity index (χ3v) is 3.99. The summed E-state index contributed by atoms with van der Waals surface area (Å²) in [5, 5.41) is 18.0. The molecule has 22 heavy (non-hydrogen) atoms. The highest BCUT2D eigenvalue weighted by Crippen LogP contribution is 2.22. The first-order valence-electron chi connectivity index (χ1n) is 7.49. The van der Waals surface area contributed by atoms with Crippen molar-refractivity contribution in [2.24, 2.45) is 0 Å². The van der Waals surface area contributed by atoms with E-state index in [1.165, 1.54) is 4.68 Å². The van der Waals surface area contributed by atoms with Crippen LogP contribution < -0.4 is 5.32 Å². The lowest BCUT2D eigenvalue weighted by Crippen LogP contribution is -2.41. The summed E-state index contributed by atoms with van der Waals surface area (Å²) < 4.78 is 7.05. The van der Waals surface area contributed by atoms with E-state index in [-0.39, 0.29) is 30.2 Å². The van der Waals surface area contributed by atoms with Crippen LogP contribution in [-0.2, 0) is 16.1 Å². The van der Waals surface area contributed by atoms with Crippen LogP contribution in [0.4, 0.5) is 5.69 Å². The van der Waals surface area contributed by atoms with Gasteiger partial charge in [0, 0.05) is 13.0 Å². The van der Waals surface area contributed by atoms with E-state index in [1.54, 1.807) is 13.8 Å². The molecule has 8 nitrogen and oxygen atoms in total. The number of amides is 1. The second-order valence-corrected chi connectivity index (χ2v) is 5.66. The van der Waals surface area contributed by atoms with Crippen molar-refractivity contribution in [1.29, 1.82) is 0 Å². The minimum absolute atomic E-state index is 0.0214. The Balaban J connectivity index is 1.88. The summed E-state index contributed by atoms with van der Waals surface area (Å²) in [5.74, 6) is -0.0989. The minimum atomic E-state index is -0.437. The highest BCUT2D eigenvalue weighted by molar-refractivity contribution is 5.76. The zero-order valence-corrected chi connectivity index (χ0v) is 13.2. The van der Waals surface area contributed by atoms with Crippen LogP contribution >= 0.6 is 0 Å². The van der Waals surface area contributed by atoms with Gasteiger partial charge in [-0.25, -0.2) is 0 Å². The maximum Gasteiger partial charge on any atom is 0.312 e. The molecule has 1 fully saturated rings. The lowest BCUT2D eigenvalue weighted by molar-refractivity contribution is -0.386. The van der Waals surface area contributed by atoms with E-state index in [2.05, 4.69) is 10.4 Å². The second kappa shape index (κ2) is 6.87. The molecular weight excluding hydrogens is 288 g/mol. The molecular formula is C14H22N4O4. The molecule has 2 heterocycles. The third-order valence-electron chi connectivity index (χ3n) is 3.99. The standard InChI is InChI=1S/C14H22N4O4/c1-9(12-5-4-8-22-12)15-13(19)6-7-17-11(3)14(18(20)21)10(2)16-17/h9,12H,4-8H2,1-3H3,(H,15,19)/t9-,12-/m1/s1. The summed E-state index contributed by atoms with van der Waals surface area (Å²) in [6.07, 6.45) is 2.31. The lowest BCUT2D eigenvalue weighted by atomic mass is 10.1. The number of carbonyl (C=O) groups is 1.